The molecule has 7 nitrogen and oxygen atoms in total. The van der Waals surface area contributed by atoms with Crippen molar-refractivity contribution >= 4 is 33.5 Å². The van der Waals surface area contributed by atoms with Crippen molar-refractivity contribution in [3.05, 3.63) is 29.0 Å². The van der Waals surface area contributed by atoms with Crippen molar-refractivity contribution in [1.82, 2.24) is 14.8 Å². The lowest BCUT2D eigenvalue weighted by Gasteiger charge is -2.10. The quantitative estimate of drug-likeness (QED) is 0.882. The molecule has 0 aliphatic rings. The number of hydrogen-bond acceptors (Lipinski definition) is 5. The largest absolute Gasteiger partial charge is 0.495 e. The minimum absolute atomic E-state index is 0.0276. The second-order valence-corrected chi connectivity index (χ2v) is 4.61. The smallest absolute Gasteiger partial charge is 0.246 e. The zero-order chi connectivity index (χ0) is 13.8. The van der Waals surface area contributed by atoms with E-state index in [1.54, 1.807) is 12.1 Å². The Labute approximate surface area is 117 Å². The van der Waals surface area contributed by atoms with E-state index in [0.717, 1.165) is 4.47 Å². The van der Waals surface area contributed by atoms with Crippen molar-refractivity contribution in [3.8, 4) is 5.75 Å². The van der Waals surface area contributed by atoms with Gasteiger partial charge in [-0.05, 0) is 18.2 Å². The van der Waals surface area contributed by atoms with Gasteiger partial charge in [-0.1, -0.05) is 15.9 Å². The van der Waals surface area contributed by atoms with Gasteiger partial charge in [-0.2, -0.15) is 0 Å². The van der Waals surface area contributed by atoms with Crippen molar-refractivity contribution in [2.75, 3.05) is 18.2 Å². The van der Waals surface area contributed by atoms with Gasteiger partial charge in [0, 0.05) is 4.47 Å². The maximum Gasteiger partial charge on any atom is 0.246 e. The van der Waals surface area contributed by atoms with Crippen LogP contribution in [-0.4, -0.2) is 27.8 Å². The monoisotopic (exact) mass is 325 g/mol. The topological polar surface area (TPSA) is 95.1 Å². The third-order valence-electron chi connectivity index (χ3n) is 2.30. The van der Waals surface area contributed by atoms with Gasteiger partial charge in [-0.25, -0.2) is 9.67 Å². The molecule has 0 atom stereocenters. The normalized spacial score (nSPS) is 10.2. The van der Waals surface area contributed by atoms with Crippen molar-refractivity contribution in [1.29, 1.82) is 0 Å². The third-order valence-corrected chi connectivity index (χ3v) is 2.79. The highest BCUT2D eigenvalue weighted by molar-refractivity contribution is 9.10. The number of nitrogens with one attached hydrogen (secondary N) is 1. The van der Waals surface area contributed by atoms with Gasteiger partial charge in [0.25, 0.3) is 0 Å². The molecule has 0 unspecified atom stereocenters. The Hall–Kier alpha value is -2.09. The molecule has 3 N–H and O–H groups in total. The summed E-state index contributed by atoms with van der Waals surface area (Å²) in [6, 6.07) is 5.34. The van der Waals surface area contributed by atoms with Crippen LogP contribution in [0, 0.1) is 0 Å². The molecule has 1 heterocycles. The van der Waals surface area contributed by atoms with Crippen molar-refractivity contribution in [2.24, 2.45) is 0 Å². The number of nitrogen functional groups attached to an aromatic ring is 1. The van der Waals surface area contributed by atoms with E-state index in [9.17, 15) is 4.79 Å². The van der Waals surface area contributed by atoms with Gasteiger partial charge >= 0.3 is 0 Å². The Balaban J connectivity index is 2.08. The maximum atomic E-state index is 11.9. The van der Waals surface area contributed by atoms with E-state index in [0.29, 0.717) is 11.4 Å². The fraction of sp³-hybridized carbons (Fsp3) is 0.182. The molecule has 1 amide bonds. The summed E-state index contributed by atoms with van der Waals surface area (Å²) in [5.41, 5.74) is 5.95. The van der Waals surface area contributed by atoms with Crippen LogP contribution in [0.3, 0.4) is 0 Å². The number of anilines is 2. The van der Waals surface area contributed by atoms with Gasteiger partial charge in [0.2, 0.25) is 11.9 Å². The van der Waals surface area contributed by atoms with E-state index in [-0.39, 0.29) is 18.4 Å². The maximum absolute atomic E-state index is 11.9. The third kappa shape index (κ3) is 3.44. The predicted octanol–water partition coefficient (Wildman–Crippen LogP) is 1.27. The average molecular weight is 326 g/mol. The molecule has 1 aromatic carbocycles. The number of nitrogens with zero attached hydrogens (tertiary/aromatic N) is 3. The standard InChI is InChI=1S/C11H12BrN5O2/c1-19-9-3-2-7(12)4-8(9)15-10(18)5-17-6-14-11(13)16-17/h2-4,6H,5H2,1H3,(H2,13,16)(H,15,18). The number of amides is 1. The summed E-state index contributed by atoms with van der Waals surface area (Å²) in [4.78, 5) is 15.6. The first-order valence-corrected chi connectivity index (χ1v) is 6.16. The van der Waals surface area contributed by atoms with Crippen LogP contribution >= 0.6 is 15.9 Å². The SMILES string of the molecule is COc1ccc(Br)cc1NC(=O)Cn1cnc(N)n1. The summed E-state index contributed by atoms with van der Waals surface area (Å²) in [6.45, 7) is 0.0276. The fourth-order valence-electron chi connectivity index (χ4n) is 1.50. The first-order valence-electron chi connectivity index (χ1n) is 5.37. The van der Waals surface area contributed by atoms with E-state index < -0.39 is 0 Å². The summed E-state index contributed by atoms with van der Waals surface area (Å²) in [6.07, 6.45) is 1.40. The van der Waals surface area contributed by atoms with Gasteiger partial charge < -0.3 is 15.8 Å². The van der Waals surface area contributed by atoms with Crippen LogP contribution in [0.5, 0.6) is 5.75 Å². The number of nitrogens with two attached hydrogens (primary N) is 1. The number of aromatic nitrogens is 3. The van der Waals surface area contributed by atoms with Crippen LogP contribution in [0.25, 0.3) is 0 Å². The summed E-state index contributed by atoms with van der Waals surface area (Å²) < 4.78 is 7.36. The number of rotatable bonds is 4. The Morgan fingerprint density at radius 2 is 2.37 bits per heavy atom. The number of carbonyl (C=O) groups excluding carboxylic acids is 1. The van der Waals surface area contributed by atoms with E-state index in [1.165, 1.54) is 18.1 Å². The van der Waals surface area contributed by atoms with E-state index in [1.807, 2.05) is 6.07 Å². The highest BCUT2D eigenvalue weighted by Gasteiger charge is 2.09. The first kappa shape index (κ1) is 13.3. The Morgan fingerprint density at radius 1 is 1.58 bits per heavy atom. The molecule has 0 aliphatic carbocycles. The fourth-order valence-corrected chi connectivity index (χ4v) is 1.86. The summed E-state index contributed by atoms with van der Waals surface area (Å²) in [5, 5.41) is 6.57. The second-order valence-electron chi connectivity index (χ2n) is 3.69. The number of ether oxygens (including phenoxy) is 1. The molecule has 8 heteroatoms. The molecule has 0 spiro atoms. The minimum Gasteiger partial charge on any atom is -0.495 e. The number of halogens is 1. The number of hydrogen-bond donors (Lipinski definition) is 2. The summed E-state index contributed by atoms with van der Waals surface area (Å²) in [7, 11) is 1.54. The molecule has 2 rings (SSSR count). The average Bonchev–Trinajstić information content (AvgIpc) is 2.75. The highest BCUT2D eigenvalue weighted by atomic mass is 79.9. The molecule has 0 bridgehead atoms. The summed E-state index contributed by atoms with van der Waals surface area (Å²) in [5.74, 6) is 0.462. The lowest BCUT2D eigenvalue weighted by atomic mass is 10.3. The first-order chi connectivity index (χ1) is 9.08. The Kier molecular flexibility index (Phi) is 4.00. The highest BCUT2D eigenvalue weighted by Crippen LogP contribution is 2.27. The molecule has 1 aromatic heterocycles. The van der Waals surface area contributed by atoms with E-state index in [4.69, 9.17) is 10.5 Å². The molecule has 0 aliphatic heterocycles. The lowest BCUT2D eigenvalue weighted by Crippen LogP contribution is -2.19. The van der Waals surface area contributed by atoms with E-state index in [2.05, 4.69) is 31.3 Å². The van der Waals surface area contributed by atoms with Crippen molar-refractivity contribution in [3.63, 3.8) is 0 Å². The number of carbonyl (C=O) groups is 1. The van der Waals surface area contributed by atoms with Gasteiger partial charge in [-0.15, -0.1) is 5.10 Å². The van der Waals surface area contributed by atoms with Crippen LogP contribution in [0.1, 0.15) is 0 Å². The minimum atomic E-state index is -0.249. The molecule has 0 radical (unpaired) electrons. The molecule has 0 saturated heterocycles. The van der Waals surface area contributed by atoms with Gasteiger partial charge in [0.05, 0.1) is 12.8 Å². The number of benzene rings is 1. The predicted molar refractivity (Wildman–Crippen MR) is 73.8 cm³/mol. The zero-order valence-corrected chi connectivity index (χ0v) is 11.7. The van der Waals surface area contributed by atoms with Crippen LogP contribution in [-0.2, 0) is 11.3 Å². The van der Waals surface area contributed by atoms with Gasteiger partial charge in [-0.3, -0.25) is 4.79 Å². The van der Waals surface area contributed by atoms with Crippen LogP contribution in [0.4, 0.5) is 11.6 Å². The zero-order valence-electron chi connectivity index (χ0n) is 10.1. The van der Waals surface area contributed by atoms with Crippen LogP contribution in [0.15, 0.2) is 29.0 Å². The van der Waals surface area contributed by atoms with Gasteiger partial charge in [0.1, 0.15) is 18.6 Å². The van der Waals surface area contributed by atoms with Crippen LogP contribution in [0.2, 0.25) is 0 Å². The molecular formula is C11H12BrN5O2. The van der Waals surface area contributed by atoms with Crippen molar-refractivity contribution < 1.29 is 9.53 Å². The Morgan fingerprint density at radius 3 is 3.00 bits per heavy atom. The molecule has 2 aromatic rings. The molecule has 19 heavy (non-hydrogen) atoms. The second kappa shape index (κ2) is 5.70. The van der Waals surface area contributed by atoms with Crippen molar-refractivity contribution in [2.45, 2.75) is 6.54 Å². The molecular weight excluding hydrogens is 314 g/mol. The molecule has 0 fully saturated rings. The molecule has 100 valence electrons. The molecule has 0 saturated carbocycles. The lowest BCUT2D eigenvalue weighted by molar-refractivity contribution is -0.116. The Bertz CT molecular complexity index is 599. The number of methoxy groups -OCH3 is 1. The summed E-state index contributed by atoms with van der Waals surface area (Å²) >= 11 is 3.33. The van der Waals surface area contributed by atoms with E-state index >= 15 is 0 Å². The van der Waals surface area contributed by atoms with Gasteiger partial charge in [0.15, 0.2) is 0 Å². The van der Waals surface area contributed by atoms with Crippen LogP contribution < -0.4 is 15.8 Å².